The highest BCUT2D eigenvalue weighted by molar-refractivity contribution is 5.81. The second kappa shape index (κ2) is 7.52. The molecule has 2 fully saturated rings. The first-order valence-corrected chi connectivity index (χ1v) is 8.88. The van der Waals surface area contributed by atoms with Gasteiger partial charge in [0.05, 0.1) is 21.3 Å². The Hall–Kier alpha value is -1.95. The van der Waals surface area contributed by atoms with Crippen molar-refractivity contribution in [3.05, 3.63) is 17.7 Å². The molecule has 25 heavy (non-hydrogen) atoms. The largest absolute Gasteiger partial charge is 0.493 e. The number of hydrogen-bond donors (Lipinski definition) is 0. The highest BCUT2D eigenvalue weighted by Gasteiger charge is 2.41. The van der Waals surface area contributed by atoms with Crippen LogP contribution in [-0.4, -0.2) is 63.2 Å². The van der Waals surface area contributed by atoms with Gasteiger partial charge in [0.25, 0.3) is 0 Å². The second-order valence-electron chi connectivity index (χ2n) is 6.91. The van der Waals surface area contributed by atoms with E-state index in [2.05, 4.69) is 11.8 Å². The Kier molecular flexibility index (Phi) is 5.37. The summed E-state index contributed by atoms with van der Waals surface area (Å²) in [5.74, 6) is 3.19. The normalized spacial score (nSPS) is 23.3. The Labute approximate surface area is 149 Å². The van der Waals surface area contributed by atoms with E-state index in [-0.39, 0.29) is 5.92 Å². The van der Waals surface area contributed by atoms with Crippen molar-refractivity contribution in [2.45, 2.75) is 19.9 Å². The molecule has 0 bridgehead atoms. The van der Waals surface area contributed by atoms with Crippen LogP contribution in [0.5, 0.6) is 17.2 Å². The molecule has 3 rings (SSSR count). The van der Waals surface area contributed by atoms with E-state index in [4.69, 9.17) is 14.2 Å². The Morgan fingerprint density at radius 2 is 1.68 bits per heavy atom. The molecule has 1 aromatic rings. The third-order valence-electron chi connectivity index (χ3n) is 5.29. The number of methoxy groups -OCH3 is 3. The Balaban J connectivity index is 1.63. The van der Waals surface area contributed by atoms with Gasteiger partial charge in [-0.1, -0.05) is 13.0 Å². The molecule has 2 atom stereocenters. The van der Waals surface area contributed by atoms with Gasteiger partial charge in [-0.3, -0.25) is 9.69 Å². The van der Waals surface area contributed by atoms with Gasteiger partial charge in [-0.25, -0.2) is 0 Å². The fourth-order valence-corrected chi connectivity index (χ4v) is 3.56. The quantitative estimate of drug-likeness (QED) is 0.787. The summed E-state index contributed by atoms with van der Waals surface area (Å²) in [4.78, 5) is 16.7. The average molecular weight is 348 g/mol. The molecule has 0 spiro atoms. The molecular weight excluding hydrogens is 320 g/mol. The third kappa shape index (κ3) is 3.68. The van der Waals surface area contributed by atoms with Gasteiger partial charge in [0.2, 0.25) is 11.7 Å². The van der Waals surface area contributed by atoms with Crippen molar-refractivity contribution in [2.24, 2.45) is 11.8 Å². The molecule has 0 N–H and O–H groups in total. The lowest BCUT2D eigenvalue weighted by atomic mass is 10.1. The van der Waals surface area contributed by atoms with Crippen molar-refractivity contribution in [3.8, 4) is 17.2 Å². The van der Waals surface area contributed by atoms with Crippen LogP contribution in [0.4, 0.5) is 0 Å². The number of benzene rings is 1. The number of amides is 1. The van der Waals surface area contributed by atoms with Gasteiger partial charge in [0, 0.05) is 44.2 Å². The molecule has 0 aromatic heterocycles. The summed E-state index contributed by atoms with van der Waals surface area (Å²) < 4.78 is 16.4. The topological polar surface area (TPSA) is 51.2 Å². The monoisotopic (exact) mass is 348 g/mol. The van der Waals surface area contributed by atoms with Crippen molar-refractivity contribution in [1.29, 1.82) is 0 Å². The van der Waals surface area contributed by atoms with Crippen LogP contribution in [-0.2, 0) is 11.3 Å². The zero-order chi connectivity index (χ0) is 18.0. The van der Waals surface area contributed by atoms with E-state index < -0.39 is 0 Å². The molecule has 1 aromatic carbocycles. The molecule has 1 aliphatic heterocycles. The lowest BCUT2D eigenvalue weighted by Crippen LogP contribution is -2.48. The van der Waals surface area contributed by atoms with Crippen LogP contribution in [0, 0.1) is 11.8 Å². The summed E-state index contributed by atoms with van der Waals surface area (Å²) in [6.07, 6.45) is 1.06. The fraction of sp³-hybridized carbons (Fsp3) is 0.632. The van der Waals surface area contributed by atoms with Crippen molar-refractivity contribution in [1.82, 2.24) is 9.80 Å². The molecule has 1 aliphatic carbocycles. The van der Waals surface area contributed by atoms with Crippen LogP contribution >= 0.6 is 0 Å². The fourth-order valence-electron chi connectivity index (χ4n) is 3.56. The SMILES string of the molecule is COc1ccc(CN2CCN(C(=O)[C@@H]3C[C@H]3C)CC2)c(OC)c1OC. The molecule has 138 valence electrons. The highest BCUT2D eigenvalue weighted by Crippen LogP contribution is 2.41. The first-order valence-electron chi connectivity index (χ1n) is 8.88. The molecule has 0 radical (unpaired) electrons. The minimum absolute atomic E-state index is 0.275. The molecular formula is C19H28N2O4. The first kappa shape index (κ1) is 17.9. The van der Waals surface area contributed by atoms with Gasteiger partial charge in [0.1, 0.15) is 0 Å². The molecule has 1 amide bonds. The maximum Gasteiger partial charge on any atom is 0.226 e. The van der Waals surface area contributed by atoms with E-state index in [1.807, 2.05) is 17.0 Å². The van der Waals surface area contributed by atoms with Gasteiger partial charge in [-0.2, -0.15) is 0 Å². The van der Waals surface area contributed by atoms with Crippen molar-refractivity contribution in [2.75, 3.05) is 47.5 Å². The van der Waals surface area contributed by atoms with Gasteiger partial charge in [-0.05, 0) is 18.4 Å². The van der Waals surface area contributed by atoms with Gasteiger partial charge in [0.15, 0.2) is 11.5 Å². The summed E-state index contributed by atoms with van der Waals surface area (Å²) >= 11 is 0. The molecule has 0 unspecified atom stereocenters. The Morgan fingerprint density at radius 1 is 1.04 bits per heavy atom. The number of carbonyl (C=O) groups is 1. The van der Waals surface area contributed by atoms with E-state index in [0.717, 1.165) is 44.7 Å². The van der Waals surface area contributed by atoms with Gasteiger partial charge < -0.3 is 19.1 Å². The maximum atomic E-state index is 12.3. The van der Waals surface area contributed by atoms with E-state index in [1.165, 1.54) is 0 Å². The number of rotatable bonds is 6. The van der Waals surface area contributed by atoms with E-state index >= 15 is 0 Å². The predicted molar refractivity (Wildman–Crippen MR) is 95.2 cm³/mol. The van der Waals surface area contributed by atoms with Crippen LogP contribution in [0.3, 0.4) is 0 Å². The number of nitrogens with zero attached hydrogens (tertiary/aromatic N) is 2. The van der Waals surface area contributed by atoms with Crippen LogP contribution < -0.4 is 14.2 Å². The molecule has 1 saturated carbocycles. The number of hydrogen-bond acceptors (Lipinski definition) is 5. The molecule has 1 saturated heterocycles. The first-order chi connectivity index (χ1) is 12.1. The highest BCUT2D eigenvalue weighted by atomic mass is 16.5. The minimum atomic E-state index is 0.275. The number of ether oxygens (including phenoxy) is 3. The molecule has 6 heteroatoms. The smallest absolute Gasteiger partial charge is 0.226 e. The van der Waals surface area contributed by atoms with Crippen molar-refractivity contribution in [3.63, 3.8) is 0 Å². The van der Waals surface area contributed by atoms with Crippen molar-refractivity contribution >= 4 is 5.91 Å². The van der Waals surface area contributed by atoms with Gasteiger partial charge >= 0.3 is 0 Å². The zero-order valence-electron chi connectivity index (χ0n) is 15.6. The number of piperazine rings is 1. The van der Waals surface area contributed by atoms with E-state index in [9.17, 15) is 4.79 Å². The summed E-state index contributed by atoms with van der Waals surface area (Å²) in [6.45, 7) is 6.29. The van der Waals surface area contributed by atoms with Gasteiger partial charge in [-0.15, -0.1) is 0 Å². The number of carbonyl (C=O) groups excluding carboxylic acids is 1. The van der Waals surface area contributed by atoms with Crippen LogP contribution in [0.1, 0.15) is 18.9 Å². The van der Waals surface area contributed by atoms with Crippen LogP contribution in [0.2, 0.25) is 0 Å². The summed E-state index contributed by atoms with van der Waals surface area (Å²) in [6, 6.07) is 3.93. The van der Waals surface area contributed by atoms with Crippen LogP contribution in [0.25, 0.3) is 0 Å². The standard InChI is InChI=1S/C19H28N2O4/c1-13-11-15(13)19(22)21-9-7-20(8-10-21)12-14-5-6-16(23-2)18(25-4)17(14)24-3/h5-6,13,15H,7-12H2,1-4H3/t13-,15-/m1/s1. The lowest BCUT2D eigenvalue weighted by Gasteiger charge is -2.35. The Morgan fingerprint density at radius 3 is 2.20 bits per heavy atom. The Bertz CT molecular complexity index is 626. The maximum absolute atomic E-state index is 12.3. The van der Waals surface area contributed by atoms with Crippen molar-refractivity contribution < 1.29 is 19.0 Å². The molecule has 6 nitrogen and oxygen atoms in total. The molecule has 2 aliphatic rings. The van der Waals surface area contributed by atoms with E-state index in [1.54, 1.807) is 21.3 Å². The summed E-state index contributed by atoms with van der Waals surface area (Å²) in [7, 11) is 4.88. The average Bonchev–Trinajstić information content (AvgIpc) is 3.37. The summed E-state index contributed by atoms with van der Waals surface area (Å²) in [5.41, 5.74) is 1.07. The van der Waals surface area contributed by atoms with Crippen LogP contribution in [0.15, 0.2) is 12.1 Å². The second-order valence-corrected chi connectivity index (χ2v) is 6.91. The minimum Gasteiger partial charge on any atom is -0.493 e. The summed E-state index contributed by atoms with van der Waals surface area (Å²) in [5, 5.41) is 0. The third-order valence-corrected chi connectivity index (χ3v) is 5.29. The zero-order valence-corrected chi connectivity index (χ0v) is 15.6. The molecule has 1 heterocycles. The predicted octanol–water partition coefficient (Wildman–Crippen LogP) is 2.01. The lowest BCUT2D eigenvalue weighted by molar-refractivity contribution is -0.134. The van der Waals surface area contributed by atoms with E-state index in [0.29, 0.717) is 29.1 Å².